The number of anilines is 1. The predicted octanol–water partition coefficient (Wildman–Crippen LogP) is 4.80. The van der Waals surface area contributed by atoms with E-state index < -0.39 is 30.7 Å². The zero-order valence-electron chi connectivity index (χ0n) is 23.9. The standard InChI is InChI=1S/C28H33F4N7O3S/c1-4-17-10-21(23(29)15(2)38(17)3)35-20-7-5-6-18-19(11-28(30,31)32)25(43-24(18)20)26-36-22(42-37-26)13-33-27(41)16-12-34-39(14-16)8-9-40/h5-7,12,14-15,17,21,23,35,40H,4,8-11,13H2,1-3H3,(H,33,41). The van der Waals surface area contributed by atoms with Crippen molar-refractivity contribution in [3.8, 4) is 10.7 Å². The third-order valence-electron chi connectivity index (χ3n) is 7.89. The molecule has 1 amide bonds. The second kappa shape index (κ2) is 12.6. The number of hydrogen-bond donors (Lipinski definition) is 3. The maximum atomic E-state index is 15.4. The molecular formula is C28H33F4N7O3S. The van der Waals surface area contributed by atoms with Crippen LogP contribution in [0, 0.1) is 0 Å². The smallest absolute Gasteiger partial charge is 0.393 e. The van der Waals surface area contributed by atoms with Gasteiger partial charge in [0, 0.05) is 18.3 Å². The van der Waals surface area contributed by atoms with Crippen molar-refractivity contribution >= 4 is 33.0 Å². The van der Waals surface area contributed by atoms with Gasteiger partial charge < -0.3 is 20.3 Å². The van der Waals surface area contributed by atoms with Crippen LogP contribution in [0.15, 0.2) is 35.1 Å². The normalized spacial score (nSPS) is 21.4. The van der Waals surface area contributed by atoms with Crippen LogP contribution < -0.4 is 10.6 Å². The van der Waals surface area contributed by atoms with Crippen molar-refractivity contribution in [3.05, 3.63) is 47.6 Å². The molecule has 0 spiro atoms. The lowest BCUT2D eigenvalue weighted by molar-refractivity contribution is -0.126. The topological polar surface area (TPSA) is 121 Å². The number of piperidine rings is 1. The maximum Gasteiger partial charge on any atom is 0.393 e. The van der Waals surface area contributed by atoms with Crippen LogP contribution in [0.2, 0.25) is 0 Å². The highest BCUT2D eigenvalue weighted by Crippen LogP contribution is 2.44. The third-order valence-corrected chi connectivity index (χ3v) is 9.17. The van der Waals surface area contributed by atoms with E-state index in [1.54, 1.807) is 18.2 Å². The first kappa shape index (κ1) is 30.9. The Balaban J connectivity index is 1.41. The van der Waals surface area contributed by atoms with E-state index in [4.69, 9.17) is 9.63 Å². The summed E-state index contributed by atoms with van der Waals surface area (Å²) in [5, 5.41) is 23.2. The minimum Gasteiger partial charge on any atom is -0.394 e. The highest BCUT2D eigenvalue weighted by atomic mass is 32.1. The molecule has 3 N–H and O–H groups in total. The molecule has 1 fully saturated rings. The highest BCUT2D eigenvalue weighted by molar-refractivity contribution is 7.23. The fourth-order valence-electron chi connectivity index (χ4n) is 5.50. The van der Waals surface area contributed by atoms with Gasteiger partial charge in [-0.2, -0.15) is 23.3 Å². The Bertz CT molecular complexity index is 1570. The number of nitrogens with zero attached hydrogens (tertiary/aromatic N) is 5. The summed E-state index contributed by atoms with van der Waals surface area (Å²) >= 11 is 1.08. The number of alkyl halides is 4. The van der Waals surface area contributed by atoms with Gasteiger partial charge in [-0.3, -0.25) is 14.4 Å². The van der Waals surface area contributed by atoms with Crippen molar-refractivity contribution in [3.63, 3.8) is 0 Å². The molecule has 0 bridgehead atoms. The molecule has 1 aliphatic rings. The summed E-state index contributed by atoms with van der Waals surface area (Å²) in [5.41, 5.74) is 0.808. The Morgan fingerprint density at radius 3 is 2.81 bits per heavy atom. The van der Waals surface area contributed by atoms with Gasteiger partial charge in [0.1, 0.15) is 6.17 Å². The minimum absolute atomic E-state index is 0.00353. The fraction of sp³-hybridized carbons (Fsp3) is 0.500. The van der Waals surface area contributed by atoms with Crippen LogP contribution in [0.5, 0.6) is 0 Å². The number of likely N-dealkylation sites (tertiary alicyclic amines) is 1. The van der Waals surface area contributed by atoms with E-state index in [9.17, 15) is 18.0 Å². The number of rotatable bonds is 10. The summed E-state index contributed by atoms with van der Waals surface area (Å²) in [5.74, 6) is -0.501. The fourth-order valence-corrected chi connectivity index (χ4v) is 6.72. The molecule has 0 radical (unpaired) electrons. The first-order chi connectivity index (χ1) is 20.5. The Hall–Kier alpha value is -3.56. The Labute approximate surface area is 249 Å². The Morgan fingerprint density at radius 1 is 1.30 bits per heavy atom. The number of thiophene rings is 1. The van der Waals surface area contributed by atoms with Crippen molar-refractivity contribution in [1.82, 2.24) is 30.1 Å². The van der Waals surface area contributed by atoms with Crippen molar-refractivity contribution in [1.29, 1.82) is 0 Å². The number of hydrogen-bond acceptors (Lipinski definition) is 9. The number of carbonyl (C=O) groups is 1. The number of aliphatic hydroxyl groups excluding tert-OH is 1. The summed E-state index contributed by atoms with van der Waals surface area (Å²) in [4.78, 5) is 19.0. The minimum atomic E-state index is -4.50. The largest absolute Gasteiger partial charge is 0.394 e. The Morgan fingerprint density at radius 2 is 2.09 bits per heavy atom. The van der Waals surface area contributed by atoms with Crippen molar-refractivity contribution in [2.75, 3.05) is 19.0 Å². The van der Waals surface area contributed by atoms with E-state index in [-0.39, 0.29) is 59.5 Å². The molecule has 3 aromatic heterocycles. The van der Waals surface area contributed by atoms with E-state index >= 15 is 4.39 Å². The van der Waals surface area contributed by atoms with Gasteiger partial charge >= 0.3 is 6.18 Å². The third kappa shape index (κ3) is 6.68. The molecule has 1 saturated heterocycles. The number of nitrogens with one attached hydrogen (secondary N) is 2. The summed E-state index contributed by atoms with van der Waals surface area (Å²) in [7, 11) is 1.91. The van der Waals surface area contributed by atoms with Crippen LogP contribution in [0.4, 0.5) is 23.2 Å². The zero-order chi connectivity index (χ0) is 30.9. The summed E-state index contributed by atoms with van der Waals surface area (Å²) in [6.07, 6.45) is -2.66. The predicted molar refractivity (Wildman–Crippen MR) is 154 cm³/mol. The van der Waals surface area contributed by atoms with Gasteiger partial charge in [0.05, 0.1) is 59.2 Å². The maximum absolute atomic E-state index is 15.4. The van der Waals surface area contributed by atoms with E-state index in [0.717, 1.165) is 17.8 Å². The molecule has 4 aromatic rings. The van der Waals surface area contributed by atoms with E-state index in [2.05, 4.69) is 32.8 Å². The molecular weight excluding hydrogens is 590 g/mol. The van der Waals surface area contributed by atoms with Gasteiger partial charge in [0.2, 0.25) is 11.7 Å². The van der Waals surface area contributed by atoms with Gasteiger partial charge in [-0.05, 0) is 43.8 Å². The van der Waals surface area contributed by atoms with Crippen LogP contribution in [0.1, 0.15) is 48.5 Å². The number of benzene rings is 1. The number of halogens is 4. The van der Waals surface area contributed by atoms with Gasteiger partial charge in [0.15, 0.2) is 0 Å². The molecule has 10 nitrogen and oxygen atoms in total. The molecule has 232 valence electrons. The molecule has 43 heavy (non-hydrogen) atoms. The molecule has 4 atom stereocenters. The molecule has 15 heteroatoms. The van der Waals surface area contributed by atoms with Crippen LogP contribution in [-0.4, -0.2) is 80.0 Å². The zero-order valence-corrected chi connectivity index (χ0v) is 24.7. The van der Waals surface area contributed by atoms with Gasteiger partial charge in [-0.15, -0.1) is 11.3 Å². The van der Waals surface area contributed by atoms with Crippen molar-refractivity contribution in [2.45, 2.75) is 76.7 Å². The van der Waals surface area contributed by atoms with Gasteiger partial charge in [-0.1, -0.05) is 24.2 Å². The molecule has 0 aliphatic carbocycles. The number of aromatic nitrogens is 4. The highest BCUT2D eigenvalue weighted by Gasteiger charge is 2.39. The number of carbonyl (C=O) groups excluding carboxylic acids is 1. The first-order valence-electron chi connectivity index (χ1n) is 14.0. The molecule has 1 aromatic carbocycles. The number of fused-ring (bicyclic) bond motifs is 1. The van der Waals surface area contributed by atoms with Crippen molar-refractivity contribution in [2.24, 2.45) is 0 Å². The number of aliphatic hydroxyl groups is 1. The van der Waals surface area contributed by atoms with E-state index in [0.29, 0.717) is 22.2 Å². The average Bonchev–Trinajstić information content (AvgIpc) is 3.71. The number of amides is 1. The lowest BCUT2D eigenvalue weighted by Gasteiger charge is -2.44. The molecule has 4 heterocycles. The SMILES string of the molecule is CCC1CC(Nc2cccc3c(CC(F)(F)F)c(-c4noc(CNC(=O)c5cnn(CCO)c5)n4)sc23)C(F)C(C)N1C. The molecule has 5 rings (SSSR count). The lowest BCUT2D eigenvalue weighted by atomic mass is 9.89. The Kier molecular flexibility index (Phi) is 9.04. The van der Waals surface area contributed by atoms with Gasteiger partial charge in [-0.25, -0.2) is 4.39 Å². The van der Waals surface area contributed by atoms with Crippen LogP contribution in [0.3, 0.4) is 0 Å². The second-order valence-electron chi connectivity index (χ2n) is 10.7. The van der Waals surface area contributed by atoms with E-state index in [1.807, 2.05) is 18.9 Å². The second-order valence-corrected chi connectivity index (χ2v) is 11.7. The van der Waals surface area contributed by atoms with Gasteiger partial charge in [0.25, 0.3) is 5.91 Å². The summed E-state index contributed by atoms with van der Waals surface area (Å²) in [6, 6.07) is 4.37. The van der Waals surface area contributed by atoms with Crippen LogP contribution in [0.25, 0.3) is 20.8 Å². The molecule has 0 saturated carbocycles. The monoisotopic (exact) mass is 623 g/mol. The van der Waals surface area contributed by atoms with E-state index in [1.165, 1.54) is 17.1 Å². The van der Waals surface area contributed by atoms with Crippen LogP contribution in [-0.2, 0) is 19.5 Å². The molecule has 1 aliphatic heterocycles. The van der Waals surface area contributed by atoms with Crippen LogP contribution >= 0.6 is 11.3 Å². The summed E-state index contributed by atoms with van der Waals surface area (Å²) < 4.78 is 63.9. The lowest BCUT2D eigenvalue weighted by Crippen LogP contribution is -2.56. The summed E-state index contributed by atoms with van der Waals surface area (Å²) in [6.45, 7) is 3.83. The first-order valence-corrected chi connectivity index (χ1v) is 14.8. The quantitative estimate of drug-likeness (QED) is 0.216. The average molecular weight is 624 g/mol. The van der Waals surface area contributed by atoms with Crippen molar-refractivity contribution < 1.29 is 32.0 Å². The molecule has 4 unspecified atom stereocenters.